The Hall–Kier alpha value is -1.40. The van der Waals surface area contributed by atoms with Gasteiger partial charge in [-0.05, 0) is 13.8 Å². The maximum absolute atomic E-state index is 11.4. The third-order valence-electron chi connectivity index (χ3n) is 2.70. The van der Waals surface area contributed by atoms with Crippen LogP contribution in [0.4, 0.5) is 5.82 Å². The van der Waals surface area contributed by atoms with Crippen molar-refractivity contribution in [1.82, 2.24) is 9.97 Å². The SMILES string of the molecule is CCc1nc(NCC2COC(C)(C)O2)cc(=O)[nH]1. The standard InChI is InChI=1S/C12H19N3O3/c1-4-9-14-10(5-11(16)15-9)13-6-8-7-17-12(2,3)18-8/h5,8H,4,6-7H2,1-3H3,(H2,13,14,15,16). The first-order valence-corrected chi connectivity index (χ1v) is 6.14. The number of aromatic nitrogens is 2. The summed E-state index contributed by atoms with van der Waals surface area (Å²) in [7, 11) is 0. The molecule has 1 aromatic rings. The highest BCUT2D eigenvalue weighted by molar-refractivity contribution is 5.33. The van der Waals surface area contributed by atoms with Gasteiger partial charge in [0.05, 0.1) is 6.61 Å². The van der Waals surface area contributed by atoms with Crippen LogP contribution in [-0.4, -0.2) is 35.0 Å². The van der Waals surface area contributed by atoms with E-state index in [9.17, 15) is 4.79 Å². The first-order chi connectivity index (χ1) is 8.48. The Morgan fingerprint density at radius 2 is 2.39 bits per heavy atom. The van der Waals surface area contributed by atoms with Crippen molar-refractivity contribution in [1.29, 1.82) is 0 Å². The van der Waals surface area contributed by atoms with Gasteiger partial charge in [-0.2, -0.15) is 0 Å². The molecule has 0 amide bonds. The molecule has 2 rings (SSSR count). The van der Waals surface area contributed by atoms with Gasteiger partial charge >= 0.3 is 0 Å². The molecule has 0 bridgehead atoms. The number of hydrogen-bond acceptors (Lipinski definition) is 5. The zero-order chi connectivity index (χ0) is 13.2. The van der Waals surface area contributed by atoms with Crippen LogP contribution in [0.25, 0.3) is 0 Å². The molecule has 1 aliphatic rings. The van der Waals surface area contributed by atoms with Gasteiger partial charge in [-0.15, -0.1) is 0 Å². The first kappa shape index (κ1) is 13.0. The molecule has 0 saturated carbocycles. The number of aryl methyl sites for hydroxylation is 1. The lowest BCUT2D eigenvalue weighted by Crippen LogP contribution is -2.26. The van der Waals surface area contributed by atoms with Crippen LogP contribution in [-0.2, 0) is 15.9 Å². The van der Waals surface area contributed by atoms with Crippen LogP contribution in [0.5, 0.6) is 0 Å². The Morgan fingerprint density at radius 3 is 3.00 bits per heavy atom. The van der Waals surface area contributed by atoms with Crippen LogP contribution in [0.15, 0.2) is 10.9 Å². The predicted octanol–water partition coefficient (Wildman–Crippen LogP) is 0.896. The second kappa shape index (κ2) is 5.07. The number of nitrogens with one attached hydrogen (secondary N) is 2. The largest absolute Gasteiger partial charge is 0.367 e. The van der Waals surface area contributed by atoms with E-state index in [1.54, 1.807) is 0 Å². The molecule has 2 N–H and O–H groups in total. The Balaban J connectivity index is 1.94. The average molecular weight is 253 g/mol. The number of nitrogens with zero attached hydrogens (tertiary/aromatic N) is 1. The van der Waals surface area contributed by atoms with Gasteiger partial charge in [0.2, 0.25) is 0 Å². The van der Waals surface area contributed by atoms with E-state index in [0.29, 0.717) is 31.2 Å². The van der Waals surface area contributed by atoms with Gasteiger partial charge < -0.3 is 19.8 Å². The van der Waals surface area contributed by atoms with Crippen LogP contribution in [0.3, 0.4) is 0 Å². The summed E-state index contributed by atoms with van der Waals surface area (Å²) in [5.41, 5.74) is -0.145. The van der Waals surface area contributed by atoms with Crippen molar-refractivity contribution in [3.8, 4) is 0 Å². The molecule has 0 spiro atoms. The van der Waals surface area contributed by atoms with Crippen LogP contribution in [0.1, 0.15) is 26.6 Å². The number of aromatic amines is 1. The maximum Gasteiger partial charge on any atom is 0.252 e. The van der Waals surface area contributed by atoms with E-state index in [1.165, 1.54) is 6.07 Å². The average Bonchev–Trinajstić information content (AvgIpc) is 2.65. The quantitative estimate of drug-likeness (QED) is 0.833. The van der Waals surface area contributed by atoms with Gasteiger partial charge in [0.25, 0.3) is 5.56 Å². The molecule has 1 aliphatic heterocycles. The van der Waals surface area contributed by atoms with Gasteiger partial charge in [-0.3, -0.25) is 4.79 Å². The summed E-state index contributed by atoms with van der Waals surface area (Å²) in [6.45, 7) is 6.83. The number of anilines is 1. The topological polar surface area (TPSA) is 76.2 Å². The Morgan fingerprint density at radius 1 is 1.61 bits per heavy atom. The van der Waals surface area contributed by atoms with E-state index in [0.717, 1.165) is 0 Å². The highest BCUT2D eigenvalue weighted by Gasteiger charge is 2.32. The second-order valence-electron chi connectivity index (χ2n) is 4.76. The highest BCUT2D eigenvalue weighted by Crippen LogP contribution is 2.22. The molecule has 1 fully saturated rings. The zero-order valence-corrected chi connectivity index (χ0v) is 10.9. The molecule has 0 aromatic carbocycles. The fourth-order valence-corrected chi connectivity index (χ4v) is 1.85. The molecule has 0 aliphatic carbocycles. The molecule has 1 unspecified atom stereocenters. The van der Waals surface area contributed by atoms with E-state index in [-0.39, 0.29) is 11.7 Å². The van der Waals surface area contributed by atoms with Crippen molar-refractivity contribution in [3.63, 3.8) is 0 Å². The number of ether oxygens (including phenoxy) is 2. The number of H-pyrrole nitrogens is 1. The molecule has 0 radical (unpaired) electrons. The van der Waals surface area contributed by atoms with Crippen LogP contribution < -0.4 is 10.9 Å². The van der Waals surface area contributed by atoms with Gasteiger partial charge in [-0.1, -0.05) is 6.92 Å². The molecule has 1 saturated heterocycles. The summed E-state index contributed by atoms with van der Waals surface area (Å²) in [4.78, 5) is 18.3. The normalized spacial score (nSPS) is 22.1. The number of rotatable bonds is 4. The third-order valence-corrected chi connectivity index (χ3v) is 2.70. The van der Waals surface area contributed by atoms with Crippen molar-refractivity contribution < 1.29 is 9.47 Å². The van der Waals surface area contributed by atoms with Crippen molar-refractivity contribution in [3.05, 3.63) is 22.2 Å². The Kier molecular flexibility index (Phi) is 3.68. The lowest BCUT2D eigenvalue weighted by Gasteiger charge is -2.17. The van der Waals surface area contributed by atoms with Crippen molar-refractivity contribution >= 4 is 5.82 Å². The van der Waals surface area contributed by atoms with E-state index < -0.39 is 5.79 Å². The summed E-state index contributed by atoms with van der Waals surface area (Å²) >= 11 is 0. The lowest BCUT2D eigenvalue weighted by molar-refractivity contribution is -0.136. The van der Waals surface area contributed by atoms with Gasteiger partial charge in [0.15, 0.2) is 5.79 Å². The van der Waals surface area contributed by atoms with Gasteiger partial charge in [0, 0.05) is 19.0 Å². The van der Waals surface area contributed by atoms with Crippen LogP contribution in [0, 0.1) is 0 Å². The Labute approximate surface area is 106 Å². The van der Waals surface area contributed by atoms with Crippen LogP contribution in [0.2, 0.25) is 0 Å². The van der Waals surface area contributed by atoms with Crippen molar-refractivity contribution in [2.75, 3.05) is 18.5 Å². The van der Waals surface area contributed by atoms with Gasteiger partial charge in [-0.25, -0.2) is 4.98 Å². The summed E-state index contributed by atoms with van der Waals surface area (Å²) in [5.74, 6) is 0.723. The fraction of sp³-hybridized carbons (Fsp3) is 0.667. The van der Waals surface area contributed by atoms with E-state index >= 15 is 0 Å². The predicted molar refractivity (Wildman–Crippen MR) is 67.6 cm³/mol. The minimum atomic E-state index is -0.525. The lowest BCUT2D eigenvalue weighted by atomic mass is 10.3. The summed E-state index contributed by atoms with van der Waals surface area (Å²) in [6, 6.07) is 1.44. The van der Waals surface area contributed by atoms with Crippen molar-refractivity contribution in [2.45, 2.75) is 39.1 Å². The Bertz CT molecular complexity index is 470. The highest BCUT2D eigenvalue weighted by atomic mass is 16.7. The summed E-state index contributed by atoms with van der Waals surface area (Å²) in [5, 5.41) is 3.10. The first-order valence-electron chi connectivity index (χ1n) is 6.14. The van der Waals surface area contributed by atoms with E-state index in [2.05, 4.69) is 15.3 Å². The van der Waals surface area contributed by atoms with Gasteiger partial charge in [0.1, 0.15) is 17.7 Å². The molecule has 100 valence electrons. The molecule has 18 heavy (non-hydrogen) atoms. The molecular formula is C12H19N3O3. The van der Waals surface area contributed by atoms with E-state index in [1.807, 2.05) is 20.8 Å². The minimum absolute atomic E-state index is 0.0221. The summed E-state index contributed by atoms with van der Waals surface area (Å²) < 4.78 is 11.1. The third kappa shape index (κ3) is 3.30. The maximum atomic E-state index is 11.4. The second-order valence-corrected chi connectivity index (χ2v) is 4.76. The summed E-state index contributed by atoms with van der Waals surface area (Å²) in [6.07, 6.45) is 0.673. The van der Waals surface area contributed by atoms with Crippen molar-refractivity contribution in [2.24, 2.45) is 0 Å². The molecular weight excluding hydrogens is 234 g/mol. The number of hydrogen-bond donors (Lipinski definition) is 2. The zero-order valence-electron chi connectivity index (χ0n) is 10.9. The molecule has 6 nitrogen and oxygen atoms in total. The minimum Gasteiger partial charge on any atom is -0.367 e. The monoisotopic (exact) mass is 253 g/mol. The molecule has 1 aromatic heterocycles. The smallest absolute Gasteiger partial charge is 0.252 e. The van der Waals surface area contributed by atoms with E-state index in [4.69, 9.17) is 9.47 Å². The molecule has 1 atom stereocenters. The fourth-order valence-electron chi connectivity index (χ4n) is 1.85. The molecule has 6 heteroatoms. The van der Waals surface area contributed by atoms with Crippen LogP contribution >= 0.6 is 0 Å². The molecule has 2 heterocycles.